The normalized spacial score (nSPS) is 22.7. The molecule has 2 aromatic heterocycles. The predicted molar refractivity (Wildman–Crippen MR) is 161 cm³/mol. The van der Waals surface area contributed by atoms with E-state index in [2.05, 4.69) is 125 Å². The molecule has 4 aromatic rings. The van der Waals surface area contributed by atoms with Crippen molar-refractivity contribution >= 4 is 12.1 Å². The number of anilines is 1. The second-order valence-corrected chi connectivity index (χ2v) is 12.2. The number of aryl methyl sites for hydroxylation is 3. The second-order valence-electron chi connectivity index (χ2n) is 12.2. The number of nitrogens with one attached hydrogen (secondary N) is 1. The van der Waals surface area contributed by atoms with Crippen LogP contribution in [0.4, 0.5) is 5.69 Å². The Labute approximate surface area is 234 Å². The molecule has 39 heavy (non-hydrogen) atoms. The molecule has 0 amide bonds. The maximum absolute atomic E-state index is 3.48. The van der Waals surface area contributed by atoms with Gasteiger partial charge in [-0.2, -0.15) is 0 Å². The number of fused-ring (bicyclic) bond motifs is 2. The van der Waals surface area contributed by atoms with Gasteiger partial charge in [-0.15, -0.1) is 0 Å². The lowest BCUT2D eigenvalue weighted by molar-refractivity contribution is -0.695. The minimum absolute atomic E-state index is 0.700. The zero-order chi connectivity index (χ0) is 27.0. The molecular weight excluding hydrogens is 477 g/mol. The highest BCUT2D eigenvalue weighted by Gasteiger charge is 2.56. The van der Waals surface area contributed by atoms with E-state index >= 15 is 0 Å². The van der Waals surface area contributed by atoms with Gasteiger partial charge in [0.15, 0.2) is 0 Å². The Balaban J connectivity index is 1.41. The summed E-state index contributed by atoms with van der Waals surface area (Å²) in [5.41, 5.74) is 7.86. The molecule has 0 atom stereocenters. The molecule has 0 unspecified atom stereocenters. The van der Waals surface area contributed by atoms with Crippen LogP contribution in [0.5, 0.6) is 0 Å². The molecule has 4 heterocycles. The zero-order valence-corrected chi connectivity index (χ0v) is 24.3. The van der Waals surface area contributed by atoms with Crippen molar-refractivity contribution in [2.75, 3.05) is 11.9 Å². The summed E-state index contributed by atoms with van der Waals surface area (Å²) in [7, 11) is 0. The topological polar surface area (TPSA) is 29.6 Å². The van der Waals surface area contributed by atoms with Crippen LogP contribution in [-0.2, 0) is 6.42 Å². The van der Waals surface area contributed by atoms with Crippen LogP contribution in [0.25, 0.3) is 11.4 Å². The summed E-state index contributed by atoms with van der Waals surface area (Å²) in [4.78, 5) is 0. The Hall–Kier alpha value is -3.28. The highest BCUT2D eigenvalue weighted by molar-refractivity contribution is 6.66. The molecule has 6 rings (SSSR count). The van der Waals surface area contributed by atoms with E-state index in [-0.39, 0.29) is 0 Å². The lowest BCUT2D eigenvalue weighted by Gasteiger charge is -2.52. The number of hydrogen-bond acceptors (Lipinski definition) is 1. The Morgan fingerprint density at radius 2 is 1.36 bits per heavy atom. The molecule has 2 saturated heterocycles. The number of hydrogen-bond donors (Lipinski definition) is 1. The molecule has 2 aliphatic rings. The van der Waals surface area contributed by atoms with Crippen LogP contribution in [-0.4, -0.2) is 22.1 Å². The average molecular weight is 523 g/mol. The first-order valence-corrected chi connectivity index (χ1v) is 15.3. The van der Waals surface area contributed by atoms with Crippen LogP contribution in [0, 0.1) is 13.8 Å². The summed E-state index contributed by atoms with van der Waals surface area (Å²) in [5.74, 6) is 1.40. The molecule has 2 aromatic carbocycles. The lowest BCUT2D eigenvalue weighted by Crippen LogP contribution is -2.86. The fourth-order valence-electron chi connectivity index (χ4n) is 8.19. The largest absolute Gasteiger partial charge is 0.393 e. The number of nitrogens with zero attached hydrogens (tertiary/aromatic N) is 4. The fraction of sp³-hybridized carbons (Fsp3) is 0.455. The van der Waals surface area contributed by atoms with E-state index in [4.69, 9.17) is 0 Å². The minimum atomic E-state index is -0.982. The van der Waals surface area contributed by atoms with Gasteiger partial charge in [0.05, 0.1) is 12.4 Å². The molecule has 0 saturated carbocycles. The van der Waals surface area contributed by atoms with Gasteiger partial charge in [0.1, 0.15) is 23.8 Å². The maximum Gasteiger partial charge on any atom is 0.386 e. The summed E-state index contributed by atoms with van der Waals surface area (Å²) in [6.07, 6.45) is 23.4. The van der Waals surface area contributed by atoms with Crippen molar-refractivity contribution in [2.45, 2.75) is 90.7 Å². The third-order valence-corrected chi connectivity index (χ3v) is 9.98. The summed E-state index contributed by atoms with van der Waals surface area (Å²) in [6, 6.07) is 13.7. The van der Waals surface area contributed by atoms with Crippen LogP contribution in [0.15, 0.2) is 73.8 Å². The molecule has 204 valence electrons. The first kappa shape index (κ1) is 26.0. The van der Waals surface area contributed by atoms with Crippen molar-refractivity contribution in [3.05, 3.63) is 90.5 Å². The van der Waals surface area contributed by atoms with Gasteiger partial charge >= 0.3 is 6.42 Å². The number of rotatable bonds is 8. The van der Waals surface area contributed by atoms with Crippen LogP contribution < -0.4 is 14.3 Å². The third kappa shape index (κ3) is 4.52. The molecule has 6 heteroatoms. The van der Waals surface area contributed by atoms with Gasteiger partial charge < -0.3 is 14.3 Å². The Bertz CT molecular complexity index is 1330. The van der Waals surface area contributed by atoms with Crippen LogP contribution >= 0.6 is 0 Å². The van der Waals surface area contributed by atoms with Crippen molar-refractivity contribution in [3.8, 4) is 11.4 Å². The SMILES string of the molecule is CCCc1ccc(-n2cc[n+]([B-]3([n+]4ccn(-c5ccc(NCC)c(C)c5)c4)C4CCCC3CCC4)c2)cc1C. The van der Waals surface area contributed by atoms with Crippen molar-refractivity contribution in [2.24, 2.45) is 0 Å². The van der Waals surface area contributed by atoms with Crippen LogP contribution in [0.3, 0.4) is 0 Å². The minimum Gasteiger partial charge on any atom is -0.393 e. The number of imidazole rings is 2. The molecule has 5 nitrogen and oxygen atoms in total. The van der Waals surface area contributed by atoms with E-state index in [0.717, 1.165) is 13.0 Å². The number of benzene rings is 2. The molecule has 2 fully saturated rings. The first-order chi connectivity index (χ1) is 19.0. The first-order valence-electron chi connectivity index (χ1n) is 15.3. The summed E-state index contributed by atoms with van der Waals surface area (Å²) in [5, 5.41) is 3.48. The monoisotopic (exact) mass is 522 g/mol. The number of aromatic nitrogens is 4. The highest BCUT2D eigenvalue weighted by Crippen LogP contribution is 2.49. The second kappa shape index (κ2) is 10.7. The van der Waals surface area contributed by atoms with Crippen molar-refractivity contribution in [3.63, 3.8) is 0 Å². The maximum atomic E-state index is 3.48. The quantitative estimate of drug-likeness (QED) is 0.254. The van der Waals surface area contributed by atoms with Gasteiger partial charge in [-0.25, -0.2) is 9.13 Å². The molecular formula is C33H45BN5+. The van der Waals surface area contributed by atoms with E-state index < -0.39 is 6.42 Å². The molecule has 0 radical (unpaired) electrons. The molecule has 0 aliphatic carbocycles. The van der Waals surface area contributed by atoms with Gasteiger partial charge in [-0.3, -0.25) is 0 Å². The lowest BCUT2D eigenvalue weighted by atomic mass is 9.24. The highest BCUT2D eigenvalue weighted by atomic mass is 15.2. The van der Waals surface area contributed by atoms with Gasteiger partial charge in [0.25, 0.3) is 0 Å². The van der Waals surface area contributed by atoms with Gasteiger partial charge in [-0.05, 0) is 74.2 Å². The van der Waals surface area contributed by atoms with E-state index in [1.165, 1.54) is 78.7 Å². The third-order valence-electron chi connectivity index (χ3n) is 9.98. The van der Waals surface area contributed by atoms with Crippen LogP contribution in [0.2, 0.25) is 11.6 Å². The standard InChI is InChI=1S/C33H45BN5/c1-5-9-28-14-15-31(22-26(28)3)36-18-20-38(24-36)34(29-10-7-11-30(34)13-8-12-29)39-21-19-37(25-39)32-16-17-33(35-6-2)27(4)23-32/h14-25,29-30,35H,5-13H2,1-4H3/q+1. The molecule has 2 bridgehead atoms. The van der Waals surface area contributed by atoms with Gasteiger partial charge in [0, 0.05) is 12.2 Å². The smallest absolute Gasteiger partial charge is 0.386 e. The molecule has 0 spiro atoms. The van der Waals surface area contributed by atoms with E-state index in [1.54, 1.807) is 0 Å². The molecule has 2 aliphatic heterocycles. The predicted octanol–water partition coefficient (Wildman–Crippen LogP) is 6.79. The summed E-state index contributed by atoms with van der Waals surface area (Å²) >= 11 is 0. The average Bonchev–Trinajstić information content (AvgIpc) is 3.62. The summed E-state index contributed by atoms with van der Waals surface area (Å²) < 4.78 is 9.93. The Morgan fingerprint density at radius 1 is 0.795 bits per heavy atom. The van der Waals surface area contributed by atoms with E-state index in [9.17, 15) is 0 Å². The van der Waals surface area contributed by atoms with Crippen molar-refractivity contribution in [1.29, 1.82) is 0 Å². The van der Waals surface area contributed by atoms with Crippen molar-refractivity contribution < 1.29 is 8.96 Å². The van der Waals surface area contributed by atoms with E-state index in [0.29, 0.717) is 11.6 Å². The summed E-state index contributed by atoms with van der Waals surface area (Å²) in [6.45, 7) is 9.81. The van der Waals surface area contributed by atoms with Gasteiger partial charge in [0.2, 0.25) is 12.7 Å². The fourth-order valence-corrected chi connectivity index (χ4v) is 8.19. The zero-order valence-electron chi connectivity index (χ0n) is 24.3. The Kier molecular flexibility index (Phi) is 7.13. The van der Waals surface area contributed by atoms with Crippen LogP contribution in [0.1, 0.15) is 75.5 Å². The van der Waals surface area contributed by atoms with E-state index in [1.807, 2.05) is 0 Å². The van der Waals surface area contributed by atoms with Gasteiger partial charge in [-0.1, -0.05) is 69.6 Å². The van der Waals surface area contributed by atoms with Crippen molar-refractivity contribution in [1.82, 2.24) is 9.13 Å². The Morgan fingerprint density at radius 3 is 1.87 bits per heavy atom. The molecule has 1 N–H and O–H groups in total.